The van der Waals surface area contributed by atoms with Crippen molar-refractivity contribution in [1.29, 1.82) is 0 Å². The molecule has 0 fully saturated rings. The van der Waals surface area contributed by atoms with Crippen LogP contribution in [0.4, 0.5) is 4.39 Å². The summed E-state index contributed by atoms with van der Waals surface area (Å²) in [6, 6.07) is 4.36. The van der Waals surface area contributed by atoms with Crippen molar-refractivity contribution >= 4 is 15.9 Å². The highest BCUT2D eigenvalue weighted by Gasteiger charge is 2.03. The minimum atomic E-state index is -0.623. The minimum absolute atomic E-state index is 0.338. The molecule has 0 aromatic heterocycles. The van der Waals surface area contributed by atoms with E-state index in [1.54, 1.807) is 13.0 Å². The number of rotatable bonds is 1. The molecule has 1 nitrogen and oxygen atoms in total. The van der Waals surface area contributed by atoms with Crippen molar-refractivity contribution in [2.45, 2.75) is 13.0 Å². The molecule has 0 saturated carbocycles. The zero-order valence-electron chi connectivity index (χ0n) is 6.01. The largest absolute Gasteiger partial charge is 0.389 e. The van der Waals surface area contributed by atoms with Crippen LogP contribution in [0.15, 0.2) is 22.7 Å². The van der Waals surface area contributed by atoms with E-state index >= 15 is 0 Å². The lowest BCUT2D eigenvalue weighted by molar-refractivity contribution is 0.198. The zero-order chi connectivity index (χ0) is 8.43. The zero-order valence-corrected chi connectivity index (χ0v) is 7.60. The Balaban J connectivity index is 3.08. The van der Waals surface area contributed by atoms with Crippen molar-refractivity contribution in [3.8, 4) is 0 Å². The van der Waals surface area contributed by atoms with E-state index in [2.05, 4.69) is 15.9 Å². The average Bonchev–Trinajstić information content (AvgIpc) is 1.85. The normalized spacial score (nSPS) is 13.1. The van der Waals surface area contributed by atoms with Crippen LogP contribution in [0, 0.1) is 5.82 Å². The predicted octanol–water partition coefficient (Wildman–Crippen LogP) is 2.64. The van der Waals surface area contributed by atoms with Gasteiger partial charge in [0.15, 0.2) is 0 Å². The molecule has 3 heteroatoms. The Morgan fingerprint density at radius 3 is 2.55 bits per heavy atom. The van der Waals surface area contributed by atoms with Gasteiger partial charge in [0.25, 0.3) is 0 Å². The van der Waals surface area contributed by atoms with Gasteiger partial charge < -0.3 is 5.11 Å². The topological polar surface area (TPSA) is 20.2 Å². The first-order valence-electron chi connectivity index (χ1n) is 3.23. The molecule has 0 unspecified atom stereocenters. The van der Waals surface area contributed by atoms with Gasteiger partial charge in [-0.3, -0.25) is 0 Å². The summed E-state index contributed by atoms with van der Waals surface area (Å²) in [5.74, 6) is -0.338. The maximum absolute atomic E-state index is 12.6. The molecule has 60 valence electrons. The van der Waals surface area contributed by atoms with E-state index in [1.807, 2.05) is 0 Å². The summed E-state index contributed by atoms with van der Waals surface area (Å²) < 4.78 is 13.3. The Kier molecular flexibility index (Phi) is 2.62. The standard InChI is InChI=1S/C8H8BrFO/c1-5(11)6-2-7(9)4-8(10)3-6/h2-5,11H,1H3/t5-/m1/s1. The van der Waals surface area contributed by atoms with Crippen LogP contribution >= 0.6 is 15.9 Å². The third kappa shape index (κ3) is 2.27. The number of hydrogen-bond donors (Lipinski definition) is 1. The summed E-state index contributed by atoms with van der Waals surface area (Å²) >= 11 is 3.13. The first-order chi connectivity index (χ1) is 5.09. The fourth-order valence-corrected chi connectivity index (χ4v) is 1.30. The number of aliphatic hydroxyl groups is 1. The summed E-state index contributed by atoms with van der Waals surface area (Å²) in [4.78, 5) is 0. The first-order valence-corrected chi connectivity index (χ1v) is 4.03. The van der Waals surface area contributed by atoms with E-state index < -0.39 is 6.10 Å². The monoisotopic (exact) mass is 218 g/mol. The number of benzene rings is 1. The lowest BCUT2D eigenvalue weighted by Gasteiger charge is -2.04. The van der Waals surface area contributed by atoms with Gasteiger partial charge in [-0.25, -0.2) is 4.39 Å². The van der Waals surface area contributed by atoms with Crippen LogP contribution in [0.3, 0.4) is 0 Å². The molecule has 11 heavy (non-hydrogen) atoms. The molecule has 1 N–H and O–H groups in total. The number of aliphatic hydroxyl groups excluding tert-OH is 1. The van der Waals surface area contributed by atoms with Crippen LogP contribution in [-0.2, 0) is 0 Å². The van der Waals surface area contributed by atoms with Gasteiger partial charge in [-0.2, -0.15) is 0 Å². The fraction of sp³-hybridized carbons (Fsp3) is 0.250. The van der Waals surface area contributed by atoms with Gasteiger partial charge in [0.1, 0.15) is 5.82 Å². The van der Waals surface area contributed by atoms with Gasteiger partial charge in [-0.05, 0) is 30.7 Å². The molecule has 0 radical (unpaired) electrons. The second-order valence-corrected chi connectivity index (χ2v) is 3.29. The van der Waals surface area contributed by atoms with Crippen molar-refractivity contribution < 1.29 is 9.50 Å². The molecular formula is C8H8BrFO. The lowest BCUT2D eigenvalue weighted by atomic mass is 10.1. The van der Waals surface area contributed by atoms with Gasteiger partial charge in [0.2, 0.25) is 0 Å². The van der Waals surface area contributed by atoms with E-state index in [1.165, 1.54) is 12.1 Å². The Labute approximate surface area is 73.0 Å². The summed E-state index contributed by atoms with van der Waals surface area (Å²) in [5.41, 5.74) is 0.580. The molecule has 1 aromatic rings. The molecular weight excluding hydrogens is 211 g/mol. The maximum atomic E-state index is 12.6. The highest BCUT2D eigenvalue weighted by atomic mass is 79.9. The molecule has 0 amide bonds. The first kappa shape index (κ1) is 8.68. The van der Waals surface area contributed by atoms with Crippen LogP contribution < -0.4 is 0 Å². The van der Waals surface area contributed by atoms with Gasteiger partial charge in [0, 0.05) is 4.47 Å². The summed E-state index contributed by atoms with van der Waals surface area (Å²) in [6.07, 6.45) is -0.623. The van der Waals surface area contributed by atoms with Crippen LogP contribution in [0.1, 0.15) is 18.6 Å². The van der Waals surface area contributed by atoms with E-state index in [9.17, 15) is 4.39 Å². The second-order valence-electron chi connectivity index (χ2n) is 2.38. The third-order valence-electron chi connectivity index (χ3n) is 1.37. The number of halogens is 2. The van der Waals surface area contributed by atoms with E-state index in [0.717, 1.165) is 0 Å². The Hall–Kier alpha value is -0.410. The quantitative estimate of drug-likeness (QED) is 0.769. The Bertz CT molecular complexity index is 240. The molecule has 1 rings (SSSR count). The maximum Gasteiger partial charge on any atom is 0.124 e. The molecule has 1 atom stereocenters. The third-order valence-corrected chi connectivity index (χ3v) is 1.83. The van der Waals surface area contributed by atoms with Crippen molar-refractivity contribution in [3.05, 3.63) is 34.1 Å². The van der Waals surface area contributed by atoms with Gasteiger partial charge in [0.05, 0.1) is 6.10 Å². The van der Waals surface area contributed by atoms with E-state index in [0.29, 0.717) is 10.0 Å². The van der Waals surface area contributed by atoms with Crippen LogP contribution in [0.5, 0.6) is 0 Å². The molecule has 0 heterocycles. The van der Waals surface area contributed by atoms with Gasteiger partial charge in [-0.1, -0.05) is 15.9 Å². The van der Waals surface area contributed by atoms with Crippen LogP contribution in [-0.4, -0.2) is 5.11 Å². The SMILES string of the molecule is C[C@@H](O)c1cc(F)cc(Br)c1. The van der Waals surface area contributed by atoms with E-state index in [-0.39, 0.29) is 5.82 Å². The molecule has 0 aliphatic rings. The van der Waals surface area contributed by atoms with Crippen molar-refractivity contribution in [2.75, 3.05) is 0 Å². The average molecular weight is 219 g/mol. The molecule has 0 aliphatic heterocycles. The molecule has 0 aliphatic carbocycles. The molecule has 0 spiro atoms. The fourth-order valence-electron chi connectivity index (χ4n) is 0.816. The second kappa shape index (κ2) is 3.32. The van der Waals surface area contributed by atoms with Crippen molar-refractivity contribution in [2.24, 2.45) is 0 Å². The van der Waals surface area contributed by atoms with Gasteiger partial charge in [-0.15, -0.1) is 0 Å². The summed E-state index contributed by atoms with van der Waals surface area (Å²) in [7, 11) is 0. The number of hydrogen-bond acceptors (Lipinski definition) is 1. The predicted molar refractivity (Wildman–Crippen MR) is 44.7 cm³/mol. The minimum Gasteiger partial charge on any atom is -0.389 e. The van der Waals surface area contributed by atoms with Crippen LogP contribution in [0.2, 0.25) is 0 Å². The van der Waals surface area contributed by atoms with E-state index in [4.69, 9.17) is 5.11 Å². The lowest BCUT2D eigenvalue weighted by Crippen LogP contribution is -1.91. The molecule has 0 saturated heterocycles. The van der Waals surface area contributed by atoms with Crippen molar-refractivity contribution in [3.63, 3.8) is 0 Å². The highest BCUT2D eigenvalue weighted by Crippen LogP contribution is 2.19. The summed E-state index contributed by atoms with van der Waals surface area (Å²) in [6.45, 7) is 1.60. The van der Waals surface area contributed by atoms with Gasteiger partial charge >= 0.3 is 0 Å². The smallest absolute Gasteiger partial charge is 0.124 e. The highest BCUT2D eigenvalue weighted by molar-refractivity contribution is 9.10. The Morgan fingerprint density at radius 2 is 2.09 bits per heavy atom. The molecule has 0 bridgehead atoms. The Morgan fingerprint density at radius 1 is 1.45 bits per heavy atom. The summed E-state index contributed by atoms with van der Waals surface area (Å²) in [5, 5.41) is 9.09. The van der Waals surface area contributed by atoms with Crippen molar-refractivity contribution in [1.82, 2.24) is 0 Å². The molecule has 1 aromatic carbocycles. The van der Waals surface area contributed by atoms with Crippen LogP contribution in [0.25, 0.3) is 0 Å².